The minimum atomic E-state index is -0.792. The second kappa shape index (κ2) is 5.10. The van der Waals surface area contributed by atoms with Gasteiger partial charge in [0.25, 0.3) is 0 Å². The quantitative estimate of drug-likeness (QED) is 0.870. The SMILES string of the molecule is Cc1ccc(C(N)c2c(F)ccc(C)c2F)cc1C. The maximum atomic E-state index is 14.1. The average Bonchev–Trinajstić information content (AvgIpc) is 2.37. The van der Waals surface area contributed by atoms with E-state index in [1.165, 1.54) is 12.1 Å². The Hall–Kier alpha value is -1.74. The summed E-state index contributed by atoms with van der Waals surface area (Å²) in [7, 11) is 0. The maximum Gasteiger partial charge on any atom is 0.134 e. The molecule has 0 aliphatic heterocycles. The first-order valence-electron chi connectivity index (χ1n) is 6.19. The summed E-state index contributed by atoms with van der Waals surface area (Å²) in [6, 6.07) is 7.49. The van der Waals surface area contributed by atoms with Gasteiger partial charge in [0.15, 0.2) is 0 Å². The van der Waals surface area contributed by atoms with Crippen LogP contribution < -0.4 is 5.73 Å². The summed E-state index contributed by atoms with van der Waals surface area (Å²) in [5, 5.41) is 0. The van der Waals surface area contributed by atoms with Gasteiger partial charge >= 0.3 is 0 Å². The van der Waals surface area contributed by atoms with E-state index in [4.69, 9.17) is 5.73 Å². The second-order valence-electron chi connectivity index (χ2n) is 4.91. The summed E-state index contributed by atoms with van der Waals surface area (Å²) in [5.74, 6) is -1.17. The highest BCUT2D eigenvalue weighted by molar-refractivity contribution is 5.39. The van der Waals surface area contributed by atoms with Crippen molar-refractivity contribution in [3.05, 3.63) is 69.8 Å². The van der Waals surface area contributed by atoms with E-state index in [-0.39, 0.29) is 5.56 Å². The molecule has 3 heteroatoms. The summed E-state index contributed by atoms with van der Waals surface area (Å²) in [4.78, 5) is 0. The fourth-order valence-corrected chi connectivity index (χ4v) is 2.09. The zero-order chi connectivity index (χ0) is 14.2. The fraction of sp³-hybridized carbons (Fsp3) is 0.250. The van der Waals surface area contributed by atoms with E-state index < -0.39 is 17.7 Å². The molecule has 0 aliphatic rings. The van der Waals surface area contributed by atoms with Gasteiger partial charge in [0.2, 0.25) is 0 Å². The van der Waals surface area contributed by atoms with Gasteiger partial charge in [-0.25, -0.2) is 8.78 Å². The first-order valence-corrected chi connectivity index (χ1v) is 6.19. The van der Waals surface area contributed by atoms with E-state index in [1.807, 2.05) is 32.0 Å². The van der Waals surface area contributed by atoms with Gasteiger partial charge in [0.1, 0.15) is 11.6 Å². The molecule has 0 aliphatic carbocycles. The molecular formula is C16H17F2N. The van der Waals surface area contributed by atoms with E-state index in [9.17, 15) is 8.78 Å². The largest absolute Gasteiger partial charge is 0.320 e. The van der Waals surface area contributed by atoms with E-state index in [2.05, 4.69) is 0 Å². The Morgan fingerprint density at radius 1 is 0.895 bits per heavy atom. The van der Waals surface area contributed by atoms with Crippen LogP contribution in [0.5, 0.6) is 0 Å². The predicted molar refractivity (Wildman–Crippen MR) is 73.0 cm³/mol. The third-order valence-corrected chi connectivity index (χ3v) is 3.52. The van der Waals surface area contributed by atoms with Crippen LogP contribution in [0.1, 0.15) is 33.9 Å². The van der Waals surface area contributed by atoms with Crippen molar-refractivity contribution in [1.82, 2.24) is 0 Å². The molecule has 1 unspecified atom stereocenters. The summed E-state index contributed by atoms with van der Waals surface area (Å²) in [5.41, 5.74) is 9.26. The van der Waals surface area contributed by atoms with Crippen LogP contribution in [0.15, 0.2) is 30.3 Å². The average molecular weight is 261 g/mol. The highest BCUT2D eigenvalue weighted by atomic mass is 19.1. The van der Waals surface area contributed by atoms with Gasteiger partial charge in [-0.1, -0.05) is 24.3 Å². The van der Waals surface area contributed by atoms with Crippen molar-refractivity contribution < 1.29 is 8.78 Å². The Kier molecular flexibility index (Phi) is 3.67. The molecule has 1 atom stereocenters. The van der Waals surface area contributed by atoms with Crippen molar-refractivity contribution >= 4 is 0 Å². The molecule has 2 aromatic rings. The van der Waals surface area contributed by atoms with E-state index in [1.54, 1.807) is 6.92 Å². The van der Waals surface area contributed by atoms with Crippen LogP contribution in [0, 0.1) is 32.4 Å². The minimum absolute atomic E-state index is 0.0664. The van der Waals surface area contributed by atoms with Gasteiger partial charge in [0.05, 0.1) is 6.04 Å². The Bertz CT molecular complexity index is 620. The van der Waals surface area contributed by atoms with E-state index in [0.29, 0.717) is 11.1 Å². The third kappa shape index (κ3) is 2.51. The molecule has 1 nitrogen and oxygen atoms in total. The Morgan fingerprint density at radius 2 is 1.53 bits per heavy atom. The Balaban J connectivity index is 2.52. The van der Waals surface area contributed by atoms with Crippen LogP contribution in [-0.4, -0.2) is 0 Å². The topological polar surface area (TPSA) is 26.0 Å². The molecule has 0 aromatic heterocycles. The van der Waals surface area contributed by atoms with Crippen molar-refractivity contribution in [3.63, 3.8) is 0 Å². The van der Waals surface area contributed by atoms with Crippen molar-refractivity contribution in [2.45, 2.75) is 26.8 Å². The Morgan fingerprint density at radius 3 is 2.16 bits per heavy atom. The Labute approximate surface area is 112 Å². The number of hydrogen-bond acceptors (Lipinski definition) is 1. The molecule has 2 aromatic carbocycles. The first kappa shape index (κ1) is 13.7. The molecular weight excluding hydrogens is 244 g/mol. The summed E-state index contributed by atoms with van der Waals surface area (Å²) >= 11 is 0. The number of benzene rings is 2. The second-order valence-corrected chi connectivity index (χ2v) is 4.91. The first-order chi connectivity index (χ1) is 8.91. The lowest BCUT2D eigenvalue weighted by molar-refractivity contribution is 0.538. The minimum Gasteiger partial charge on any atom is -0.320 e. The summed E-state index contributed by atoms with van der Waals surface area (Å²) < 4.78 is 27.9. The van der Waals surface area contributed by atoms with Gasteiger partial charge in [-0.15, -0.1) is 0 Å². The smallest absolute Gasteiger partial charge is 0.134 e. The van der Waals surface area contributed by atoms with Crippen molar-refractivity contribution in [2.75, 3.05) is 0 Å². The van der Waals surface area contributed by atoms with E-state index in [0.717, 1.165) is 11.1 Å². The molecule has 0 amide bonds. The molecule has 100 valence electrons. The van der Waals surface area contributed by atoms with Gasteiger partial charge in [-0.2, -0.15) is 0 Å². The zero-order valence-corrected chi connectivity index (χ0v) is 11.3. The lowest BCUT2D eigenvalue weighted by atomic mass is 9.94. The number of aryl methyl sites for hydroxylation is 3. The number of halogens is 2. The fourth-order valence-electron chi connectivity index (χ4n) is 2.09. The lowest BCUT2D eigenvalue weighted by Gasteiger charge is -2.16. The zero-order valence-electron chi connectivity index (χ0n) is 11.3. The highest BCUT2D eigenvalue weighted by Gasteiger charge is 2.20. The van der Waals surface area contributed by atoms with Gasteiger partial charge in [0, 0.05) is 5.56 Å². The number of nitrogens with two attached hydrogens (primary N) is 1. The number of rotatable bonds is 2. The number of hydrogen-bond donors (Lipinski definition) is 1. The molecule has 0 saturated carbocycles. The molecule has 0 fully saturated rings. The van der Waals surface area contributed by atoms with Crippen LogP contribution >= 0.6 is 0 Å². The lowest BCUT2D eigenvalue weighted by Crippen LogP contribution is -2.16. The summed E-state index contributed by atoms with van der Waals surface area (Å²) in [6.45, 7) is 5.54. The van der Waals surface area contributed by atoms with Crippen molar-refractivity contribution in [1.29, 1.82) is 0 Å². The van der Waals surface area contributed by atoms with Crippen molar-refractivity contribution in [3.8, 4) is 0 Å². The molecule has 0 heterocycles. The molecule has 0 spiro atoms. The van der Waals surface area contributed by atoms with Gasteiger partial charge in [-0.3, -0.25) is 0 Å². The predicted octanol–water partition coefficient (Wildman–Crippen LogP) is 3.94. The molecule has 2 N–H and O–H groups in total. The van der Waals surface area contributed by atoms with E-state index >= 15 is 0 Å². The van der Waals surface area contributed by atoms with Gasteiger partial charge in [-0.05, 0) is 49.1 Å². The van der Waals surface area contributed by atoms with Crippen LogP contribution in [0.25, 0.3) is 0 Å². The molecule has 0 bridgehead atoms. The van der Waals surface area contributed by atoms with Gasteiger partial charge < -0.3 is 5.73 Å². The molecule has 0 radical (unpaired) electrons. The molecule has 19 heavy (non-hydrogen) atoms. The monoisotopic (exact) mass is 261 g/mol. The van der Waals surface area contributed by atoms with Crippen molar-refractivity contribution in [2.24, 2.45) is 5.73 Å². The standard InChI is InChI=1S/C16H17F2N/c1-9-4-6-12(8-11(9)3)16(19)14-13(17)7-5-10(2)15(14)18/h4-8,16H,19H2,1-3H3. The highest BCUT2D eigenvalue weighted by Crippen LogP contribution is 2.27. The maximum absolute atomic E-state index is 14.1. The van der Waals surface area contributed by atoms with Crippen LogP contribution in [0.2, 0.25) is 0 Å². The molecule has 0 saturated heterocycles. The molecule has 2 rings (SSSR count). The normalized spacial score (nSPS) is 12.5. The van der Waals surface area contributed by atoms with Crippen LogP contribution in [0.4, 0.5) is 8.78 Å². The van der Waals surface area contributed by atoms with Crippen LogP contribution in [-0.2, 0) is 0 Å². The summed E-state index contributed by atoms with van der Waals surface area (Å²) in [6.07, 6.45) is 0. The van der Waals surface area contributed by atoms with Crippen LogP contribution in [0.3, 0.4) is 0 Å². The third-order valence-electron chi connectivity index (χ3n) is 3.52.